The summed E-state index contributed by atoms with van der Waals surface area (Å²) in [6.07, 6.45) is 103. The van der Waals surface area contributed by atoms with Crippen LogP contribution in [0.25, 0.3) is 0 Å². The lowest BCUT2D eigenvalue weighted by Gasteiger charge is -2.07. The third-order valence-corrected chi connectivity index (χ3v) is 18.6. The van der Waals surface area contributed by atoms with E-state index in [9.17, 15) is 0 Å². The zero-order chi connectivity index (χ0) is 55.5. The van der Waals surface area contributed by atoms with Gasteiger partial charge in [0.15, 0.2) is 0 Å². The second kappa shape index (κ2) is 68.7. The zero-order valence-corrected chi connectivity index (χ0v) is 54.8. The molecule has 0 aliphatic heterocycles. The van der Waals surface area contributed by atoms with E-state index < -0.39 is 0 Å². The molecule has 0 heteroatoms. The maximum atomic E-state index is 2.53. The predicted molar refractivity (Wildman–Crippen MR) is 359 cm³/mol. The molecule has 0 atom stereocenters. The first-order valence-electron chi connectivity index (χ1n) is 37.9. The Kier molecular flexibility index (Phi) is 66.3. The molecule has 0 nitrogen and oxygen atoms in total. The first kappa shape index (κ1) is 75.2. The summed E-state index contributed by atoms with van der Waals surface area (Å²) in [7, 11) is 0. The molecule has 0 amide bonds. The molecular formula is C78H150. The molecule has 0 radical (unpaired) electrons. The standard InChI is InChI=1S/C78H150/c1-3-5-7-9-11-13-15-17-19-21-23-25-27-29-31-33-35-37-39-41-43-45-47-49-51-53-55-57-59-61-63-65-67-69-72-77-74-71-75-78(76-77)73-70-68-66-64-62-60-58-56-54-52-50-48-46-44-42-40-38-36-34-32-30-28-26-24-22-20-18-16-14-12-10-8-6-4-2/h71,74-76H,3-70,72-73H2,1-2H3. The summed E-state index contributed by atoms with van der Waals surface area (Å²) < 4.78 is 0. The van der Waals surface area contributed by atoms with Crippen LogP contribution in [0.5, 0.6) is 0 Å². The SMILES string of the molecule is CCCCCCCCCCCCCCCCCCCCCCCCCCCCCCCCCCCCc1cccc(CCCCCCCCCCCCCCCCCCCCCCCCCCCCCCCCCCCC)c1. The minimum atomic E-state index is 1.28. The highest BCUT2D eigenvalue weighted by Crippen LogP contribution is 2.21. The Morgan fingerprint density at radius 3 is 0.397 bits per heavy atom. The van der Waals surface area contributed by atoms with Crippen molar-refractivity contribution in [1.82, 2.24) is 0 Å². The van der Waals surface area contributed by atoms with Crippen molar-refractivity contribution < 1.29 is 0 Å². The molecule has 1 rings (SSSR count). The van der Waals surface area contributed by atoms with Gasteiger partial charge in [-0.05, 0) is 36.8 Å². The third kappa shape index (κ3) is 62.8. The molecule has 0 aliphatic carbocycles. The van der Waals surface area contributed by atoms with E-state index in [0.29, 0.717) is 0 Å². The Hall–Kier alpha value is -0.780. The average molecular weight is 1090 g/mol. The van der Waals surface area contributed by atoms with E-state index >= 15 is 0 Å². The topological polar surface area (TPSA) is 0 Å². The van der Waals surface area contributed by atoms with Crippen molar-refractivity contribution >= 4 is 0 Å². The van der Waals surface area contributed by atoms with Crippen LogP contribution in [0.3, 0.4) is 0 Å². The largest absolute Gasteiger partial charge is 0.0654 e. The minimum Gasteiger partial charge on any atom is -0.0654 e. The molecule has 0 spiro atoms. The Balaban J connectivity index is 1.71. The van der Waals surface area contributed by atoms with Crippen LogP contribution in [0, 0.1) is 0 Å². The van der Waals surface area contributed by atoms with Gasteiger partial charge < -0.3 is 0 Å². The lowest BCUT2D eigenvalue weighted by molar-refractivity contribution is 0.511. The van der Waals surface area contributed by atoms with Gasteiger partial charge in [0.1, 0.15) is 0 Å². The van der Waals surface area contributed by atoms with Crippen LogP contribution in [-0.2, 0) is 12.8 Å². The lowest BCUT2D eigenvalue weighted by Crippen LogP contribution is -1.91. The molecule has 1 aromatic carbocycles. The number of rotatable bonds is 70. The minimum absolute atomic E-state index is 1.28. The highest BCUT2D eigenvalue weighted by atomic mass is 14.1. The van der Waals surface area contributed by atoms with Crippen LogP contribution >= 0.6 is 0 Å². The van der Waals surface area contributed by atoms with Gasteiger partial charge in [0.2, 0.25) is 0 Å². The van der Waals surface area contributed by atoms with Crippen LogP contribution in [0.2, 0.25) is 0 Å². The molecule has 0 saturated heterocycles. The van der Waals surface area contributed by atoms with Crippen LogP contribution in [0.4, 0.5) is 0 Å². The number of hydrogen-bond donors (Lipinski definition) is 0. The first-order valence-corrected chi connectivity index (χ1v) is 37.9. The van der Waals surface area contributed by atoms with Gasteiger partial charge >= 0.3 is 0 Å². The Morgan fingerprint density at radius 2 is 0.269 bits per heavy atom. The van der Waals surface area contributed by atoms with Gasteiger partial charge in [0.05, 0.1) is 0 Å². The second-order valence-electron chi connectivity index (χ2n) is 26.7. The van der Waals surface area contributed by atoms with Crippen molar-refractivity contribution in [2.75, 3.05) is 0 Å². The molecule has 462 valence electrons. The predicted octanol–water partition coefficient (Wildman–Crippen LogP) is 29.3. The Bertz CT molecular complexity index is 1090. The number of benzene rings is 1. The van der Waals surface area contributed by atoms with Crippen LogP contribution in [0.1, 0.15) is 462 Å². The number of aryl methyl sites for hydroxylation is 2. The first-order chi connectivity index (χ1) is 38.9. The smallest absolute Gasteiger partial charge is 0.0279 e. The Morgan fingerprint density at radius 1 is 0.154 bits per heavy atom. The van der Waals surface area contributed by atoms with Gasteiger partial charge in [-0.15, -0.1) is 0 Å². The summed E-state index contributed by atoms with van der Waals surface area (Å²) in [4.78, 5) is 0. The van der Waals surface area contributed by atoms with Crippen molar-refractivity contribution in [3.63, 3.8) is 0 Å². The fraction of sp³-hybridized carbons (Fsp3) is 0.923. The molecule has 0 saturated carbocycles. The maximum Gasteiger partial charge on any atom is -0.0279 e. The van der Waals surface area contributed by atoms with E-state index in [4.69, 9.17) is 0 Å². The van der Waals surface area contributed by atoms with E-state index in [0.717, 1.165) is 0 Å². The van der Waals surface area contributed by atoms with E-state index in [1.54, 1.807) is 11.1 Å². The summed E-state index contributed by atoms with van der Waals surface area (Å²) in [5, 5.41) is 0. The highest BCUT2D eigenvalue weighted by molar-refractivity contribution is 5.23. The molecule has 1 aromatic rings. The monoisotopic (exact) mass is 1090 g/mol. The fourth-order valence-corrected chi connectivity index (χ4v) is 13.1. The van der Waals surface area contributed by atoms with Gasteiger partial charge in [-0.2, -0.15) is 0 Å². The third-order valence-electron chi connectivity index (χ3n) is 18.6. The second-order valence-corrected chi connectivity index (χ2v) is 26.7. The molecule has 78 heavy (non-hydrogen) atoms. The zero-order valence-electron chi connectivity index (χ0n) is 54.8. The normalized spacial score (nSPS) is 11.7. The summed E-state index contributed by atoms with van der Waals surface area (Å²) in [5.41, 5.74) is 3.18. The van der Waals surface area contributed by atoms with Crippen molar-refractivity contribution in [3.05, 3.63) is 35.4 Å². The van der Waals surface area contributed by atoms with Crippen LogP contribution < -0.4 is 0 Å². The molecular weight excluding hydrogens is 937 g/mol. The van der Waals surface area contributed by atoms with Crippen molar-refractivity contribution in [3.8, 4) is 0 Å². The molecule has 0 aromatic heterocycles. The molecule has 0 bridgehead atoms. The number of unbranched alkanes of at least 4 members (excludes halogenated alkanes) is 66. The quantitative estimate of drug-likeness (QED) is 0.0571. The van der Waals surface area contributed by atoms with Crippen LogP contribution in [0.15, 0.2) is 24.3 Å². The average Bonchev–Trinajstić information content (AvgIpc) is 3.45. The molecule has 0 heterocycles. The van der Waals surface area contributed by atoms with Gasteiger partial charge in [-0.3, -0.25) is 0 Å². The summed E-state index contributed by atoms with van der Waals surface area (Å²) >= 11 is 0. The van der Waals surface area contributed by atoms with Gasteiger partial charge in [0.25, 0.3) is 0 Å². The van der Waals surface area contributed by atoms with Crippen LogP contribution in [-0.4, -0.2) is 0 Å². The molecule has 0 fully saturated rings. The van der Waals surface area contributed by atoms with Crippen molar-refractivity contribution in [1.29, 1.82) is 0 Å². The fourth-order valence-electron chi connectivity index (χ4n) is 13.1. The summed E-state index contributed by atoms with van der Waals surface area (Å²) in [6.45, 7) is 4.63. The Labute approximate surface area is 496 Å². The summed E-state index contributed by atoms with van der Waals surface area (Å²) in [5.74, 6) is 0. The number of hydrogen-bond acceptors (Lipinski definition) is 0. The van der Waals surface area contributed by atoms with E-state index in [1.165, 1.54) is 449 Å². The van der Waals surface area contributed by atoms with Gasteiger partial charge in [-0.1, -0.05) is 462 Å². The summed E-state index contributed by atoms with van der Waals surface area (Å²) in [6, 6.07) is 9.64. The molecule has 0 unspecified atom stereocenters. The highest BCUT2D eigenvalue weighted by Gasteiger charge is 2.03. The van der Waals surface area contributed by atoms with E-state index in [-0.39, 0.29) is 0 Å². The molecule has 0 aliphatic rings. The van der Waals surface area contributed by atoms with E-state index in [2.05, 4.69) is 38.1 Å². The van der Waals surface area contributed by atoms with Gasteiger partial charge in [0, 0.05) is 0 Å². The maximum absolute atomic E-state index is 2.53. The van der Waals surface area contributed by atoms with Crippen molar-refractivity contribution in [2.45, 2.75) is 463 Å². The lowest BCUT2D eigenvalue weighted by atomic mass is 9.99. The van der Waals surface area contributed by atoms with E-state index in [1.807, 2.05) is 0 Å². The van der Waals surface area contributed by atoms with Crippen molar-refractivity contribution in [2.24, 2.45) is 0 Å². The van der Waals surface area contributed by atoms with Gasteiger partial charge in [-0.25, -0.2) is 0 Å². The molecule has 0 N–H and O–H groups in total.